The van der Waals surface area contributed by atoms with Crippen LogP contribution < -0.4 is 0 Å². The zero-order valence-corrected chi connectivity index (χ0v) is 13.4. The molecule has 0 radical (unpaired) electrons. The van der Waals surface area contributed by atoms with Gasteiger partial charge in [-0.2, -0.15) is 0 Å². The summed E-state index contributed by atoms with van der Waals surface area (Å²) in [4.78, 5) is 34.8. The molecule has 22 heavy (non-hydrogen) atoms. The number of rotatable bonds is 7. The number of esters is 3. The molecule has 0 rings (SSSR count). The van der Waals surface area contributed by atoms with E-state index in [1.54, 1.807) is 12.2 Å². The largest absolute Gasteiger partial charge is 0.468 e. The summed E-state index contributed by atoms with van der Waals surface area (Å²) < 4.78 is 14.2. The fraction of sp³-hybridized carbons (Fsp3) is 0.562. The van der Waals surface area contributed by atoms with Crippen LogP contribution >= 0.6 is 0 Å². The summed E-state index contributed by atoms with van der Waals surface area (Å²) in [6, 6.07) is 0. The number of hydrogen-bond acceptors (Lipinski definition) is 6. The standard InChI is InChI=1S/C16H22O6/c1-5-6-7-10-16(14(18)20-3,15(19)21-4)11-8-9-12-22-13(2)17/h8-9H,5,10-12H2,1-4H3/b9-8-. The summed E-state index contributed by atoms with van der Waals surface area (Å²) in [7, 11) is 2.41. The third-order valence-electron chi connectivity index (χ3n) is 2.86. The first-order chi connectivity index (χ1) is 10.4. The molecular weight excluding hydrogens is 288 g/mol. The number of hydrogen-bond donors (Lipinski definition) is 0. The first kappa shape index (κ1) is 19.7. The van der Waals surface area contributed by atoms with E-state index in [0.717, 1.165) is 0 Å². The molecule has 0 amide bonds. The highest BCUT2D eigenvalue weighted by Crippen LogP contribution is 2.30. The molecule has 0 heterocycles. The number of carbonyl (C=O) groups is 3. The van der Waals surface area contributed by atoms with Gasteiger partial charge in [0, 0.05) is 19.8 Å². The van der Waals surface area contributed by atoms with Gasteiger partial charge in [-0.25, -0.2) is 0 Å². The van der Waals surface area contributed by atoms with Crippen molar-refractivity contribution < 1.29 is 28.6 Å². The van der Waals surface area contributed by atoms with Crippen LogP contribution in [0.2, 0.25) is 0 Å². The van der Waals surface area contributed by atoms with E-state index >= 15 is 0 Å². The van der Waals surface area contributed by atoms with Crippen LogP contribution in [0.3, 0.4) is 0 Å². The van der Waals surface area contributed by atoms with Gasteiger partial charge in [-0.05, 0) is 6.42 Å². The van der Waals surface area contributed by atoms with Crippen LogP contribution in [0.4, 0.5) is 0 Å². The molecule has 6 heteroatoms. The zero-order chi connectivity index (χ0) is 17.0. The summed E-state index contributed by atoms with van der Waals surface area (Å²) in [5.41, 5.74) is -1.52. The monoisotopic (exact) mass is 310 g/mol. The maximum Gasteiger partial charge on any atom is 0.324 e. The van der Waals surface area contributed by atoms with Crippen LogP contribution in [0.15, 0.2) is 12.2 Å². The fourth-order valence-electron chi connectivity index (χ4n) is 1.71. The van der Waals surface area contributed by atoms with E-state index in [2.05, 4.69) is 11.8 Å². The summed E-state index contributed by atoms with van der Waals surface area (Å²) >= 11 is 0. The maximum atomic E-state index is 12.1. The number of ether oxygens (including phenoxy) is 3. The summed E-state index contributed by atoms with van der Waals surface area (Å²) in [5.74, 6) is 3.79. The Morgan fingerprint density at radius 2 is 1.64 bits per heavy atom. The van der Waals surface area contributed by atoms with Gasteiger partial charge in [0.15, 0.2) is 5.41 Å². The van der Waals surface area contributed by atoms with Gasteiger partial charge in [0.05, 0.1) is 14.2 Å². The van der Waals surface area contributed by atoms with Crippen LogP contribution in [-0.2, 0) is 28.6 Å². The molecule has 0 spiro atoms. The molecule has 0 aliphatic heterocycles. The lowest BCUT2D eigenvalue weighted by Crippen LogP contribution is -2.40. The van der Waals surface area contributed by atoms with E-state index in [-0.39, 0.29) is 19.4 Å². The molecule has 0 fully saturated rings. The second kappa shape index (κ2) is 10.4. The van der Waals surface area contributed by atoms with Crippen molar-refractivity contribution in [3.63, 3.8) is 0 Å². The Hall–Kier alpha value is -2.29. The Bertz CT molecular complexity index is 465. The molecule has 0 N–H and O–H groups in total. The molecule has 0 unspecified atom stereocenters. The predicted octanol–water partition coefficient (Wildman–Crippen LogP) is 1.63. The van der Waals surface area contributed by atoms with Crippen molar-refractivity contribution in [1.82, 2.24) is 0 Å². The number of allylic oxidation sites excluding steroid dienone is 1. The third-order valence-corrected chi connectivity index (χ3v) is 2.86. The minimum Gasteiger partial charge on any atom is -0.468 e. The Balaban J connectivity index is 5.21. The SMILES string of the molecule is CCC#CCC(C/C=C\COC(C)=O)(C(=O)OC)C(=O)OC. The van der Waals surface area contributed by atoms with Gasteiger partial charge in [-0.3, -0.25) is 14.4 Å². The van der Waals surface area contributed by atoms with E-state index in [9.17, 15) is 14.4 Å². The second-order valence-electron chi connectivity index (χ2n) is 4.43. The highest BCUT2D eigenvalue weighted by Gasteiger charge is 2.47. The van der Waals surface area contributed by atoms with Gasteiger partial charge >= 0.3 is 17.9 Å². The average Bonchev–Trinajstić information content (AvgIpc) is 2.51. The smallest absolute Gasteiger partial charge is 0.324 e. The van der Waals surface area contributed by atoms with Crippen LogP contribution in [0.5, 0.6) is 0 Å². The Morgan fingerprint density at radius 1 is 1.05 bits per heavy atom. The molecule has 0 aromatic carbocycles. The van der Waals surface area contributed by atoms with Gasteiger partial charge in [0.1, 0.15) is 6.61 Å². The highest BCUT2D eigenvalue weighted by atomic mass is 16.5. The van der Waals surface area contributed by atoms with Crippen molar-refractivity contribution in [2.75, 3.05) is 20.8 Å². The van der Waals surface area contributed by atoms with Crippen molar-refractivity contribution in [3.05, 3.63) is 12.2 Å². The van der Waals surface area contributed by atoms with Crippen molar-refractivity contribution in [2.24, 2.45) is 5.41 Å². The molecule has 0 saturated carbocycles. The molecular formula is C16H22O6. The Labute approximate surface area is 130 Å². The molecule has 6 nitrogen and oxygen atoms in total. The van der Waals surface area contributed by atoms with Crippen LogP contribution in [0.1, 0.15) is 33.1 Å². The fourth-order valence-corrected chi connectivity index (χ4v) is 1.71. The van der Waals surface area contributed by atoms with Gasteiger partial charge in [0.2, 0.25) is 0 Å². The lowest BCUT2D eigenvalue weighted by atomic mass is 9.81. The normalized spacial score (nSPS) is 10.5. The van der Waals surface area contributed by atoms with E-state index in [1.165, 1.54) is 21.1 Å². The molecule has 122 valence electrons. The summed E-state index contributed by atoms with van der Waals surface area (Å²) in [6.45, 7) is 3.22. The van der Waals surface area contributed by atoms with Gasteiger partial charge in [0.25, 0.3) is 0 Å². The molecule has 0 aromatic rings. The highest BCUT2D eigenvalue weighted by molar-refractivity contribution is 6.00. The van der Waals surface area contributed by atoms with Gasteiger partial charge in [-0.1, -0.05) is 19.1 Å². The average molecular weight is 310 g/mol. The molecule has 0 aliphatic carbocycles. The molecule has 0 aromatic heterocycles. The minimum absolute atomic E-state index is 0.00189. The van der Waals surface area contributed by atoms with Crippen LogP contribution in [0.25, 0.3) is 0 Å². The zero-order valence-electron chi connectivity index (χ0n) is 13.4. The first-order valence-electron chi connectivity index (χ1n) is 6.85. The first-order valence-corrected chi connectivity index (χ1v) is 6.85. The molecule has 0 bridgehead atoms. The van der Waals surface area contributed by atoms with E-state index < -0.39 is 23.3 Å². The van der Waals surface area contributed by atoms with Gasteiger partial charge in [-0.15, -0.1) is 11.8 Å². The van der Waals surface area contributed by atoms with E-state index in [0.29, 0.717) is 6.42 Å². The van der Waals surface area contributed by atoms with Gasteiger partial charge < -0.3 is 14.2 Å². The van der Waals surface area contributed by atoms with Crippen molar-refractivity contribution in [2.45, 2.75) is 33.1 Å². The minimum atomic E-state index is -1.52. The quantitative estimate of drug-likeness (QED) is 0.234. The second-order valence-corrected chi connectivity index (χ2v) is 4.43. The Kier molecular flexibility index (Phi) is 9.35. The third kappa shape index (κ3) is 6.00. The number of carbonyl (C=O) groups excluding carboxylic acids is 3. The topological polar surface area (TPSA) is 78.9 Å². The van der Waals surface area contributed by atoms with Crippen molar-refractivity contribution in [3.8, 4) is 11.8 Å². The van der Waals surface area contributed by atoms with E-state index in [1.807, 2.05) is 6.92 Å². The van der Waals surface area contributed by atoms with E-state index in [4.69, 9.17) is 14.2 Å². The lowest BCUT2D eigenvalue weighted by Gasteiger charge is -2.24. The summed E-state index contributed by atoms with van der Waals surface area (Å²) in [6.07, 6.45) is 3.78. The Morgan fingerprint density at radius 3 is 2.09 bits per heavy atom. The van der Waals surface area contributed by atoms with Crippen LogP contribution in [0, 0.1) is 17.3 Å². The number of methoxy groups -OCH3 is 2. The molecule has 0 saturated heterocycles. The predicted molar refractivity (Wildman–Crippen MR) is 79.5 cm³/mol. The van der Waals surface area contributed by atoms with Crippen LogP contribution in [-0.4, -0.2) is 38.7 Å². The molecule has 0 aliphatic rings. The van der Waals surface area contributed by atoms with Crippen molar-refractivity contribution >= 4 is 17.9 Å². The lowest BCUT2D eigenvalue weighted by molar-refractivity contribution is -0.168. The molecule has 0 atom stereocenters. The maximum absolute atomic E-state index is 12.1. The van der Waals surface area contributed by atoms with Crippen molar-refractivity contribution in [1.29, 1.82) is 0 Å². The summed E-state index contributed by atoms with van der Waals surface area (Å²) in [5, 5.41) is 0.